The lowest BCUT2D eigenvalue weighted by Gasteiger charge is -2.26. The van der Waals surface area contributed by atoms with Crippen molar-refractivity contribution in [3.63, 3.8) is 0 Å². The molecule has 2 aromatic carbocycles. The molecule has 0 aliphatic rings. The van der Waals surface area contributed by atoms with Crippen molar-refractivity contribution < 1.29 is 9.84 Å². The van der Waals surface area contributed by atoms with Crippen molar-refractivity contribution >= 4 is 0 Å². The van der Waals surface area contributed by atoms with Crippen LogP contribution in [0.3, 0.4) is 0 Å². The summed E-state index contributed by atoms with van der Waals surface area (Å²) in [4.78, 5) is 0. The van der Waals surface area contributed by atoms with Gasteiger partial charge in [-0.15, -0.1) is 0 Å². The second-order valence-electron chi connectivity index (χ2n) is 4.69. The van der Waals surface area contributed by atoms with Crippen LogP contribution in [0.4, 0.5) is 0 Å². The third-order valence-electron chi connectivity index (χ3n) is 3.29. The molecule has 0 heterocycles. The maximum Gasteiger partial charge on any atom is 0.125 e. The van der Waals surface area contributed by atoms with Crippen LogP contribution in [-0.2, 0) is 5.60 Å². The molecule has 0 saturated heterocycles. The minimum absolute atomic E-state index is 0.542. The highest BCUT2D eigenvalue weighted by Crippen LogP contribution is 2.35. The summed E-state index contributed by atoms with van der Waals surface area (Å²) >= 11 is 0. The van der Waals surface area contributed by atoms with E-state index in [9.17, 15) is 5.11 Å². The maximum absolute atomic E-state index is 10.9. The van der Waals surface area contributed by atoms with Gasteiger partial charge in [0.1, 0.15) is 11.4 Å². The predicted octanol–water partition coefficient (Wildman–Crippen LogP) is 3.21. The minimum atomic E-state index is -1.17. The summed E-state index contributed by atoms with van der Waals surface area (Å²) in [5.74, 6) is 0.671. The van der Waals surface area contributed by atoms with Gasteiger partial charge < -0.3 is 9.84 Å². The predicted molar refractivity (Wildman–Crippen MR) is 77.4 cm³/mol. The summed E-state index contributed by atoms with van der Waals surface area (Å²) in [5, 5.41) is 19.7. The van der Waals surface area contributed by atoms with Crippen molar-refractivity contribution in [1.29, 1.82) is 5.26 Å². The lowest BCUT2D eigenvalue weighted by molar-refractivity contribution is 0.0981. The van der Waals surface area contributed by atoms with E-state index in [1.807, 2.05) is 31.2 Å². The van der Waals surface area contributed by atoms with Crippen LogP contribution in [0.1, 0.15) is 30.5 Å². The highest BCUT2D eigenvalue weighted by Gasteiger charge is 2.28. The van der Waals surface area contributed by atoms with E-state index >= 15 is 0 Å². The zero-order chi connectivity index (χ0) is 14.6. The average Bonchev–Trinajstić information content (AvgIpc) is 2.48. The molecule has 1 N–H and O–H groups in total. The Morgan fingerprint density at radius 1 is 1.15 bits per heavy atom. The molecule has 0 saturated carbocycles. The molecule has 20 heavy (non-hydrogen) atoms. The molecule has 0 radical (unpaired) electrons. The van der Waals surface area contributed by atoms with Gasteiger partial charge in [0.05, 0.1) is 18.2 Å². The Bertz CT molecular complexity index is 624. The SMILES string of the molecule is CCOc1ccccc1C(C)(O)c1ccc(C#N)cc1. The summed E-state index contributed by atoms with van der Waals surface area (Å²) in [7, 11) is 0. The molecule has 102 valence electrons. The molecule has 0 spiro atoms. The van der Waals surface area contributed by atoms with Gasteiger partial charge in [-0.1, -0.05) is 30.3 Å². The molecular weight excluding hydrogens is 250 g/mol. The summed E-state index contributed by atoms with van der Waals surface area (Å²) in [6, 6.07) is 16.4. The van der Waals surface area contributed by atoms with Crippen molar-refractivity contribution in [3.05, 3.63) is 65.2 Å². The molecule has 3 nitrogen and oxygen atoms in total. The van der Waals surface area contributed by atoms with Crippen LogP contribution in [-0.4, -0.2) is 11.7 Å². The summed E-state index contributed by atoms with van der Waals surface area (Å²) < 4.78 is 5.58. The van der Waals surface area contributed by atoms with Crippen LogP contribution < -0.4 is 4.74 Å². The molecule has 0 bridgehead atoms. The first-order valence-electron chi connectivity index (χ1n) is 6.55. The van der Waals surface area contributed by atoms with Gasteiger partial charge >= 0.3 is 0 Å². The van der Waals surface area contributed by atoms with E-state index < -0.39 is 5.60 Å². The molecule has 0 amide bonds. The molecular formula is C17H17NO2. The summed E-state index contributed by atoms with van der Waals surface area (Å²) in [6.45, 7) is 4.18. The number of rotatable bonds is 4. The molecule has 0 aromatic heterocycles. The topological polar surface area (TPSA) is 53.2 Å². The van der Waals surface area contributed by atoms with Gasteiger partial charge in [0.15, 0.2) is 0 Å². The van der Waals surface area contributed by atoms with Gasteiger partial charge in [-0.25, -0.2) is 0 Å². The van der Waals surface area contributed by atoms with Crippen molar-refractivity contribution in [2.45, 2.75) is 19.4 Å². The molecule has 0 aliphatic carbocycles. The number of nitrogens with zero attached hydrogens (tertiary/aromatic N) is 1. The molecule has 0 aliphatic heterocycles. The van der Waals surface area contributed by atoms with E-state index in [1.54, 1.807) is 31.2 Å². The van der Waals surface area contributed by atoms with Gasteiger partial charge in [0.2, 0.25) is 0 Å². The molecule has 1 unspecified atom stereocenters. The van der Waals surface area contributed by atoms with Gasteiger partial charge in [-0.3, -0.25) is 0 Å². The number of para-hydroxylation sites is 1. The van der Waals surface area contributed by atoms with Gasteiger partial charge in [-0.05, 0) is 37.6 Å². The number of aliphatic hydroxyl groups is 1. The third kappa shape index (κ3) is 2.66. The fourth-order valence-corrected chi connectivity index (χ4v) is 2.17. The standard InChI is InChI=1S/C17H17NO2/c1-3-20-16-7-5-4-6-15(16)17(2,19)14-10-8-13(12-18)9-11-14/h4-11,19H,3H2,1-2H3. The summed E-state index contributed by atoms with van der Waals surface area (Å²) in [5.41, 5.74) is 0.845. The van der Waals surface area contributed by atoms with Crippen LogP contribution in [0, 0.1) is 11.3 Å². The Labute approximate surface area is 119 Å². The fourth-order valence-electron chi connectivity index (χ4n) is 2.17. The quantitative estimate of drug-likeness (QED) is 0.925. The summed E-state index contributed by atoms with van der Waals surface area (Å²) in [6.07, 6.45) is 0. The smallest absolute Gasteiger partial charge is 0.125 e. The van der Waals surface area contributed by atoms with E-state index in [-0.39, 0.29) is 0 Å². The normalized spacial score (nSPS) is 13.3. The Balaban J connectivity index is 2.45. The van der Waals surface area contributed by atoms with Gasteiger partial charge in [0, 0.05) is 5.56 Å². The van der Waals surface area contributed by atoms with E-state index in [2.05, 4.69) is 6.07 Å². The first-order chi connectivity index (χ1) is 9.59. The maximum atomic E-state index is 10.9. The largest absolute Gasteiger partial charge is 0.493 e. The van der Waals surface area contributed by atoms with Crippen LogP contribution in [0.15, 0.2) is 48.5 Å². The number of nitriles is 1. The Morgan fingerprint density at radius 2 is 1.80 bits per heavy atom. The van der Waals surface area contributed by atoms with E-state index in [0.717, 1.165) is 5.56 Å². The Hall–Kier alpha value is -2.31. The van der Waals surface area contributed by atoms with E-state index in [0.29, 0.717) is 23.5 Å². The molecule has 1 atom stereocenters. The first kappa shape index (κ1) is 14.1. The van der Waals surface area contributed by atoms with Crippen LogP contribution in [0.2, 0.25) is 0 Å². The number of hydrogen-bond acceptors (Lipinski definition) is 3. The van der Waals surface area contributed by atoms with E-state index in [4.69, 9.17) is 10.00 Å². The zero-order valence-electron chi connectivity index (χ0n) is 11.6. The number of ether oxygens (including phenoxy) is 1. The third-order valence-corrected chi connectivity index (χ3v) is 3.29. The Kier molecular flexibility index (Phi) is 4.07. The monoisotopic (exact) mass is 267 g/mol. The Morgan fingerprint density at radius 3 is 2.40 bits per heavy atom. The second-order valence-corrected chi connectivity index (χ2v) is 4.69. The molecule has 2 aromatic rings. The second kappa shape index (κ2) is 5.77. The van der Waals surface area contributed by atoms with E-state index in [1.165, 1.54) is 0 Å². The molecule has 2 rings (SSSR count). The van der Waals surface area contributed by atoms with Crippen molar-refractivity contribution in [1.82, 2.24) is 0 Å². The van der Waals surface area contributed by atoms with Crippen LogP contribution in [0.25, 0.3) is 0 Å². The molecule has 3 heteroatoms. The van der Waals surface area contributed by atoms with Gasteiger partial charge in [0.25, 0.3) is 0 Å². The van der Waals surface area contributed by atoms with Crippen molar-refractivity contribution in [2.75, 3.05) is 6.61 Å². The lowest BCUT2D eigenvalue weighted by Crippen LogP contribution is -2.23. The number of hydrogen-bond donors (Lipinski definition) is 1. The van der Waals surface area contributed by atoms with Gasteiger partial charge in [-0.2, -0.15) is 5.26 Å². The average molecular weight is 267 g/mol. The van der Waals surface area contributed by atoms with Crippen LogP contribution >= 0.6 is 0 Å². The first-order valence-corrected chi connectivity index (χ1v) is 6.55. The fraction of sp³-hybridized carbons (Fsp3) is 0.235. The minimum Gasteiger partial charge on any atom is -0.493 e. The van der Waals surface area contributed by atoms with Crippen molar-refractivity contribution in [2.24, 2.45) is 0 Å². The number of benzene rings is 2. The van der Waals surface area contributed by atoms with Crippen LogP contribution in [0.5, 0.6) is 5.75 Å². The highest BCUT2D eigenvalue weighted by atomic mass is 16.5. The highest BCUT2D eigenvalue weighted by molar-refractivity contribution is 5.45. The van der Waals surface area contributed by atoms with Crippen molar-refractivity contribution in [3.8, 4) is 11.8 Å². The zero-order valence-corrected chi connectivity index (χ0v) is 11.6. The molecule has 0 fully saturated rings. The lowest BCUT2D eigenvalue weighted by atomic mass is 9.87.